The Bertz CT molecular complexity index is 533. The molecule has 0 aliphatic carbocycles. The predicted octanol–water partition coefficient (Wildman–Crippen LogP) is 1.36. The Labute approximate surface area is 140 Å². The smallest absolute Gasteiger partial charge is 0.188 e. The summed E-state index contributed by atoms with van der Waals surface area (Å²) in [6.45, 7) is 10.4. The van der Waals surface area contributed by atoms with Gasteiger partial charge in [0.05, 0.1) is 12.2 Å². The second-order valence-corrected chi connectivity index (χ2v) is 6.45. The molecule has 1 aliphatic rings. The number of nitrogens with two attached hydrogens (primary N) is 1. The second kappa shape index (κ2) is 8.34. The normalized spacial score (nSPS) is 19.5. The summed E-state index contributed by atoms with van der Waals surface area (Å²) in [6.07, 6.45) is 4.58. The summed E-state index contributed by atoms with van der Waals surface area (Å²) in [5.74, 6) is 0.576. The van der Waals surface area contributed by atoms with E-state index in [-0.39, 0.29) is 0 Å². The third-order valence-electron chi connectivity index (χ3n) is 4.95. The molecule has 1 fully saturated rings. The molecule has 1 aromatic rings. The summed E-state index contributed by atoms with van der Waals surface area (Å²) in [4.78, 5) is 7.00. The zero-order chi connectivity index (χ0) is 16.8. The average Bonchev–Trinajstić information content (AvgIpc) is 3.08. The van der Waals surface area contributed by atoms with Crippen LogP contribution in [0.4, 0.5) is 0 Å². The third-order valence-corrected chi connectivity index (χ3v) is 4.95. The molecule has 1 saturated heterocycles. The van der Waals surface area contributed by atoms with E-state index in [1.807, 2.05) is 11.7 Å². The minimum absolute atomic E-state index is 0.570. The monoisotopic (exact) mass is 320 g/mol. The quantitative estimate of drug-likeness (QED) is 0.452. The molecule has 0 saturated carbocycles. The van der Waals surface area contributed by atoms with Crippen LogP contribution in [0.1, 0.15) is 43.1 Å². The van der Waals surface area contributed by atoms with Gasteiger partial charge in [0.2, 0.25) is 0 Å². The highest BCUT2D eigenvalue weighted by Crippen LogP contribution is 2.16. The lowest BCUT2D eigenvalue weighted by Crippen LogP contribution is -2.36. The fourth-order valence-corrected chi connectivity index (χ4v) is 3.44. The van der Waals surface area contributed by atoms with Crippen LogP contribution in [-0.4, -0.2) is 52.9 Å². The first-order valence-corrected chi connectivity index (χ1v) is 8.79. The second-order valence-electron chi connectivity index (χ2n) is 6.45. The van der Waals surface area contributed by atoms with Crippen molar-refractivity contribution in [3.05, 3.63) is 17.0 Å². The van der Waals surface area contributed by atoms with Crippen molar-refractivity contribution in [3.63, 3.8) is 0 Å². The van der Waals surface area contributed by atoms with Gasteiger partial charge in [0.25, 0.3) is 0 Å². The van der Waals surface area contributed by atoms with Gasteiger partial charge in [-0.1, -0.05) is 6.92 Å². The zero-order valence-electron chi connectivity index (χ0n) is 15.1. The van der Waals surface area contributed by atoms with Crippen LogP contribution in [-0.2, 0) is 13.5 Å². The van der Waals surface area contributed by atoms with Crippen LogP contribution in [0.15, 0.2) is 4.99 Å². The highest BCUT2D eigenvalue weighted by Gasteiger charge is 2.22. The van der Waals surface area contributed by atoms with Crippen molar-refractivity contribution < 1.29 is 0 Å². The van der Waals surface area contributed by atoms with Gasteiger partial charge in [0, 0.05) is 25.3 Å². The molecule has 1 aromatic heterocycles. The maximum Gasteiger partial charge on any atom is 0.188 e. The van der Waals surface area contributed by atoms with Gasteiger partial charge in [-0.3, -0.25) is 14.6 Å². The average molecular weight is 320 g/mol. The molecule has 0 spiro atoms. The lowest BCUT2D eigenvalue weighted by atomic mass is 10.1. The van der Waals surface area contributed by atoms with Gasteiger partial charge < -0.3 is 11.1 Å². The Kier molecular flexibility index (Phi) is 6.45. The number of hydrogen-bond donors (Lipinski definition) is 2. The van der Waals surface area contributed by atoms with E-state index in [4.69, 9.17) is 5.73 Å². The van der Waals surface area contributed by atoms with Crippen molar-refractivity contribution in [1.29, 1.82) is 0 Å². The number of aromatic nitrogens is 2. The number of likely N-dealkylation sites (N-methyl/N-ethyl adjacent to an activating group) is 1. The number of guanidine groups is 1. The molecule has 0 aromatic carbocycles. The topological polar surface area (TPSA) is 71.5 Å². The molecule has 0 amide bonds. The molecule has 130 valence electrons. The Morgan fingerprint density at radius 3 is 2.87 bits per heavy atom. The fourth-order valence-electron chi connectivity index (χ4n) is 3.44. The summed E-state index contributed by atoms with van der Waals surface area (Å²) in [5, 5.41) is 7.69. The molecule has 2 rings (SSSR count). The number of aryl methyl sites for hydroxylation is 2. The molecule has 23 heavy (non-hydrogen) atoms. The molecule has 6 heteroatoms. The molecular weight excluding hydrogens is 288 g/mol. The first-order chi connectivity index (χ1) is 11.0. The van der Waals surface area contributed by atoms with Crippen molar-refractivity contribution in [2.45, 2.75) is 52.5 Å². The first-order valence-electron chi connectivity index (χ1n) is 8.79. The van der Waals surface area contributed by atoms with Gasteiger partial charge in [0.1, 0.15) is 0 Å². The van der Waals surface area contributed by atoms with E-state index in [0.717, 1.165) is 38.2 Å². The molecule has 1 aliphatic heterocycles. The third kappa shape index (κ3) is 4.70. The molecule has 0 radical (unpaired) electrons. The molecule has 3 N–H and O–H groups in total. The number of likely N-dealkylation sites (tertiary alicyclic amines) is 1. The highest BCUT2D eigenvalue weighted by atomic mass is 15.3. The van der Waals surface area contributed by atoms with Crippen molar-refractivity contribution in [2.24, 2.45) is 17.8 Å². The Hall–Kier alpha value is -1.56. The minimum atomic E-state index is 0.570. The predicted molar refractivity (Wildman–Crippen MR) is 95.8 cm³/mol. The lowest BCUT2D eigenvalue weighted by Gasteiger charge is -2.20. The number of hydrogen-bond acceptors (Lipinski definition) is 3. The Balaban J connectivity index is 1.70. The number of nitrogens with zero attached hydrogens (tertiary/aromatic N) is 4. The van der Waals surface area contributed by atoms with Crippen LogP contribution in [0.5, 0.6) is 0 Å². The van der Waals surface area contributed by atoms with E-state index in [9.17, 15) is 0 Å². The van der Waals surface area contributed by atoms with Crippen LogP contribution < -0.4 is 11.1 Å². The maximum absolute atomic E-state index is 5.99. The van der Waals surface area contributed by atoms with Gasteiger partial charge in [-0.2, -0.15) is 5.10 Å². The van der Waals surface area contributed by atoms with E-state index in [2.05, 4.69) is 41.1 Å². The fraction of sp³-hybridized carbons (Fsp3) is 0.765. The minimum Gasteiger partial charge on any atom is -0.370 e. The highest BCUT2D eigenvalue weighted by molar-refractivity contribution is 5.77. The van der Waals surface area contributed by atoms with Crippen molar-refractivity contribution >= 4 is 5.96 Å². The number of nitrogens with one attached hydrogen (secondary N) is 1. The molecule has 1 unspecified atom stereocenters. The Morgan fingerprint density at radius 1 is 1.43 bits per heavy atom. The van der Waals surface area contributed by atoms with Crippen molar-refractivity contribution in [1.82, 2.24) is 20.0 Å². The molecule has 6 nitrogen and oxygen atoms in total. The van der Waals surface area contributed by atoms with E-state index < -0.39 is 0 Å². The largest absolute Gasteiger partial charge is 0.370 e. The lowest BCUT2D eigenvalue weighted by molar-refractivity contribution is 0.273. The summed E-state index contributed by atoms with van der Waals surface area (Å²) in [5.41, 5.74) is 9.73. The summed E-state index contributed by atoms with van der Waals surface area (Å²) >= 11 is 0. The van der Waals surface area contributed by atoms with Gasteiger partial charge in [0.15, 0.2) is 5.96 Å². The van der Waals surface area contributed by atoms with Crippen LogP contribution in [0.25, 0.3) is 0 Å². The summed E-state index contributed by atoms with van der Waals surface area (Å²) < 4.78 is 1.95. The van der Waals surface area contributed by atoms with E-state index >= 15 is 0 Å². The van der Waals surface area contributed by atoms with Crippen LogP contribution in [0.3, 0.4) is 0 Å². The summed E-state index contributed by atoms with van der Waals surface area (Å²) in [6, 6.07) is 0.570. The van der Waals surface area contributed by atoms with Gasteiger partial charge >= 0.3 is 0 Å². The molecule has 0 bridgehead atoms. The molecular formula is C17H32N6. The van der Waals surface area contributed by atoms with Gasteiger partial charge in [-0.15, -0.1) is 0 Å². The molecule has 1 atom stereocenters. The van der Waals surface area contributed by atoms with Crippen molar-refractivity contribution in [2.75, 3.05) is 26.2 Å². The van der Waals surface area contributed by atoms with Crippen LogP contribution in [0, 0.1) is 13.8 Å². The van der Waals surface area contributed by atoms with E-state index in [0.29, 0.717) is 12.0 Å². The van der Waals surface area contributed by atoms with Gasteiger partial charge in [-0.25, -0.2) is 0 Å². The van der Waals surface area contributed by atoms with Crippen molar-refractivity contribution in [3.8, 4) is 0 Å². The number of aliphatic imine (C=N–C) groups is 1. The standard InChI is InChI=1S/C17H32N6/c1-5-23-11-7-8-15(23)12-20-17(18)19-10-6-9-16-13(2)21-22(4)14(16)3/h15H,5-12H2,1-4H3,(H3,18,19,20). The van der Waals surface area contributed by atoms with E-state index in [1.54, 1.807) is 0 Å². The van der Waals surface area contributed by atoms with Crippen LogP contribution in [0.2, 0.25) is 0 Å². The molecule has 2 heterocycles. The number of rotatable bonds is 7. The first kappa shape index (κ1) is 17.8. The Morgan fingerprint density at radius 2 is 2.22 bits per heavy atom. The SMILES string of the molecule is CCN1CCCC1CN=C(N)NCCCc1c(C)nn(C)c1C. The van der Waals surface area contributed by atoms with Gasteiger partial charge in [-0.05, 0) is 58.2 Å². The van der Waals surface area contributed by atoms with E-state index in [1.165, 1.54) is 30.6 Å². The van der Waals surface area contributed by atoms with Crippen LogP contribution >= 0.6 is 0 Å². The maximum atomic E-state index is 5.99. The zero-order valence-corrected chi connectivity index (χ0v) is 15.1. The summed E-state index contributed by atoms with van der Waals surface area (Å²) in [7, 11) is 2.00.